The molecule has 0 N–H and O–H groups in total. The van der Waals surface area contributed by atoms with E-state index in [2.05, 4.69) is 25.2 Å². The predicted octanol–water partition coefficient (Wildman–Crippen LogP) is 3.38. The van der Waals surface area contributed by atoms with Crippen LogP contribution in [0.5, 0.6) is 0 Å². The minimum Gasteiger partial charge on any atom is -0.270 e. The first kappa shape index (κ1) is 29.4. The van der Waals surface area contributed by atoms with Crippen molar-refractivity contribution in [1.29, 1.82) is 0 Å². The summed E-state index contributed by atoms with van der Waals surface area (Å²) in [6, 6.07) is 0. The molecule has 1 aliphatic rings. The molecule has 69 valence electrons. The second kappa shape index (κ2) is 17.5. The van der Waals surface area contributed by atoms with Crippen LogP contribution in [0.25, 0.3) is 0 Å². The van der Waals surface area contributed by atoms with E-state index in [0.717, 1.165) is 6.42 Å². The summed E-state index contributed by atoms with van der Waals surface area (Å²) >= 11 is 0. The van der Waals surface area contributed by atoms with Crippen molar-refractivity contribution in [2.45, 2.75) is 13.3 Å². The van der Waals surface area contributed by atoms with Crippen LogP contribution in [-0.2, 0) is 22.4 Å². The molecule has 0 aromatic heterocycles. The smallest absolute Gasteiger partial charge is 0 e. The van der Waals surface area contributed by atoms with Crippen LogP contribution >= 0.6 is 49.6 Å². The van der Waals surface area contributed by atoms with Gasteiger partial charge in [0.05, 0.1) is 0 Å². The Balaban J connectivity index is -0.0000000240. The van der Waals surface area contributed by atoms with Gasteiger partial charge in [0, 0.05) is 22.4 Å². The minimum atomic E-state index is 0. The maximum atomic E-state index is 3.12. The molecule has 1 rings (SSSR count). The molecule has 0 bridgehead atoms. The zero-order valence-corrected chi connectivity index (χ0v) is 11.4. The molecule has 0 spiro atoms. The predicted molar refractivity (Wildman–Crippen MR) is 55.2 cm³/mol. The van der Waals surface area contributed by atoms with Crippen LogP contribution < -0.4 is 0 Å². The second-order valence-electron chi connectivity index (χ2n) is 1.47. The van der Waals surface area contributed by atoms with Crippen molar-refractivity contribution in [2.24, 2.45) is 0 Å². The van der Waals surface area contributed by atoms with E-state index in [1.165, 1.54) is 5.57 Å². The minimum absolute atomic E-state index is 0. The van der Waals surface area contributed by atoms with Gasteiger partial charge in [-0.15, -0.1) is 56.0 Å². The van der Waals surface area contributed by atoms with Gasteiger partial charge in [0.1, 0.15) is 0 Å². The largest absolute Gasteiger partial charge is 0.270 e. The fourth-order valence-electron chi connectivity index (χ4n) is 0.515. The quantitative estimate of drug-likeness (QED) is 0.474. The maximum absolute atomic E-state index is 3.12. The Labute approximate surface area is 108 Å². The summed E-state index contributed by atoms with van der Waals surface area (Å²) in [6.45, 7) is 2.06. The van der Waals surface area contributed by atoms with Gasteiger partial charge in [-0.2, -0.15) is 6.08 Å². The van der Waals surface area contributed by atoms with Gasteiger partial charge >= 0.3 is 0 Å². The Bertz CT molecular complexity index is 108. The fourth-order valence-corrected chi connectivity index (χ4v) is 0.515. The van der Waals surface area contributed by atoms with Gasteiger partial charge in [0.15, 0.2) is 0 Å². The van der Waals surface area contributed by atoms with Crippen molar-refractivity contribution in [1.82, 2.24) is 0 Å². The first-order valence-electron chi connectivity index (χ1n) is 2.13. The number of rotatable bonds is 0. The first-order chi connectivity index (χ1) is 2.89. The van der Waals surface area contributed by atoms with E-state index in [4.69, 9.17) is 0 Å². The summed E-state index contributed by atoms with van der Waals surface area (Å²) in [5, 5.41) is 0. The molecule has 0 amide bonds. The monoisotopic (exact) mass is 316 g/mol. The SMILES string of the molecule is CC1=[C-]CC=C1.Cl.Cl.Cl.Cl.[Nb]. The Morgan fingerprint density at radius 3 is 1.73 bits per heavy atom. The van der Waals surface area contributed by atoms with Crippen molar-refractivity contribution < 1.29 is 22.4 Å². The van der Waals surface area contributed by atoms with Crippen molar-refractivity contribution in [3.05, 3.63) is 23.8 Å². The van der Waals surface area contributed by atoms with Crippen LogP contribution in [0.1, 0.15) is 13.3 Å². The number of halogens is 4. The number of hydrogen-bond acceptors (Lipinski definition) is 0. The van der Waals surface area contributed by atoms with Crippen molar-refractivity contribution in [2.75, 3.05) is 0 Å². The fraction of sp³-hybridized carbons (Fsp3) is 0.333. The zero-order valence-electron chi connectivity index (χ0n) is 5.94. The normalized spacial score (nSPS) is 10.1. The van der Waals surface area contributed by atoms with Gasteiger partial charge in [-0.05, 0) is 0 Å². The summed E-state index contributed by atoms with van der Waals surface area (Å²) in [5.74, 6) is 0. The summed E-state index contributed by atoms with van der Waals surface area (Å²) in [4.78, 5) is 0. The molecule has 0 nitrogen and oxygen atoms in total. The van der Waals surface area contributed by atoms with Crippen molar-refractivity contribution in [3.8, 4) is 0 Å². The van der Waals surface area contributed by atoms with E-state index >= 15 is 0 Å². The van der Waals surface area contributed by atoms with Crippen molar-refractivity contribution >= 4 is 49.6 Å². The maximum Gasteiger partial charge on any atom is 0 e. The molecular weight excluding hydrogens is 307 g/mol. The molecule has 0 saturated heterocycles. The molecule has 0 aromatic rings. The van der Waals surface area contributed by atoms with E-state index in [1.54, 1.807) is 0 Å². The summed E-state index contributed by atoms with van der Waals surface area (Å²) in [5.41, 5.74) is 1.27. The molecule has 0 aromatic carbocycles. The number of hydrogen-bond donors (Lipinski definition) is 0. The second-order valence-corrected chi connectivity index (χ2v) is 1.47. The van der Waals surface area contributed by atoms with Crippen LogP contribution in [0.4, 0.5) is 0 Å². The van der Waals surface area contributed by atoms with Crippen molar-refractivity contribution in [3.63, 3.8) is 0 Å². The van der Waals surface area contributed by atoms with Crippen LogP contribution in [-0.4, -0.2) is 0 Å². The standard InChI is InChI=1S/C6H7.4ClH.Nb/c1-6-4-2-3-5-6;;;;;/h2,4H,3H2,1H3;4*1H;/q-1;;;;;. The molecule has 0 unspecified atom stereocenters. The van der Waals surface area contributed by atoms with E-state index in [1.807, 2.05) is 0 Å². The average Bonchev–Trinajstić information content (AvgIpc) is 1.86. The average molecular weight is 318 g/mol. The van der Waals surface area contributed by atoms with Gasteiger partial charge in [0.2, 0.25) is 0 Å². The number of allylic oxidation sites excluding steroid dienone is 4. The van der Waals surface area contributed by atoms with Gasteiger partial charge in [-0.25, -0.2) is 11.6 Å². The van der Waals surface area contributed by atoms with Gasteiger partial charge in [-0.1, -0.05) is 6.92 Å². The molecule has 1 radical (unpaired) electrons. The molecule has 11 heavy (non-hydrogen) atoms. The molecule has 0 saturated carbocycles. The van der Waals surface area contributed by atoms with E-state index in [9.17, 15) is 0 Å². The van der Waals surface area contributed by atoms with Crippen LogP contribution in [0.2, 0.25) is 0 Å². The van der Waals surface area contributed by atoms with Gasteiger partial charge in [-0.3, -0.25) is 6.08 Å². The molecule has 5 heteroatoms. The zero-order chi connectivity index (χ0) is 4.41. The first-order valence-corrected chi connectivity index (χ1v) is 2.13. The third kappa shape index (κ3) is 14.3. The Kier molecular flexibility index (Phi) is 46.7. The molecule has 0 fully saturated rings. The van der Waals surface area contributed by atoms with E-state index < -0.39 is 0 Å². The topological polar surface area (TPSA) is 0 Å². The molecule has 0 heterocycles. The molecule has 1 aliphatic carbocycles. The third-order valence-electron chi connectivity index (χ3n) is 0.867. The summed E-state index contributed by atoms with van der Waals surface area (Å²) in [7, 11) is 0. The van der Waals surface area contributed by atoms with E-state index in [0.29, 0.717) is 0 Å². The van der Waals surface area contributed by atoms with Crippen LogP contribution in [0, 0.1) is 6.08 Å². The van der Waals surface area contributed by atoms with Gasteiger partial charge < -0.3 is 0 Å². The Morgan fingerprint density at radius 1 is 1.18 bits per heavy atom. The third-order valence-corrected chi connectivity index (χ3v) is 0.867. The molecule has 0 atom stereocenters. The molecule has 0 aliphatic heterocycles. The van der Waals surface area contributed by atoms with Crippen LogP contribution in [0.3, 0.4) is 0 Å². The Hall–Kier alpha value is 1.38. The van der Waals surface area contributed by atoms with Crippen LogP contribution in [0.15, 0.2) is 17.7 Å². The molecular formula is C6H11Cl4Nb-. The van der Waals surface area contributed by atoms with E-state index in [-0.39, 0.29) is 72.0 Å². The Morgan fingerprint density at radius 2 is 1.64 bits per heavy atom. The summed E-state index contributed by atoms with van der Waals surface area (Å²) < 4.78 is 0. The summed E-state index contributed by atoms with van der Waals surface area (Å²) in [6.07, 6.45) is 8.33. The van der Waals surface area contributed by atoms with Gasteiger partial charge in [0.25, 0.3) is 0 Å².